The highest BCUT2D eigenvalue weighted by atomic mass is 16.3. The maximum Gasteiger partial charge on any atom is 0.231 e. The molecule has 1 aliphatic rings. The van der Waals surface area contributed by atoms with Crippen molar-refractivity contribution in [2.75, 3.05) is 25.0 Å². The quantitative estimate of drug-likeness (QED) is 0.944. The van der Waals surface area contributed by atoms with E-state index in [1.807, 2.05) is 18.2 Å². The summed E-state index contributed by atoms with van der Waals surface area (Å²) >= 11 is 0. The number of carbonyl (C=O) groups excluding carboxylic acids is 1. The van der Waals surface area contributed by atoms with Gasteiger partial charge in [-0.1, -0.05) is 30.3 Å². The number of likely N-dealkylation sites (tertiary alicyclic amines) is 1. The van der Waals surface area contributed by atoms with Crippen LogP contribution in [0, 0.1) is 5.92 Å². The summed E-state index contributed by atoms with van der Waals surface area (Å²) < 4.78 is 0. The molecular weight excluding hydrogens is 288 g/mol. The van der Waals surface area contributed by atoms with Gasteiger partial charge in [0.2, 0.25) is 5.91 Å². The van der Waals surface area contributed by atoms with Crippen LogP contribution in [-0.4, -0.2) is 36.1 Å². The van der Waals surface area contributed by atoms with Crippen molar-refractivity contribution in [3.63, 3.8) is 0 Å². The van der Waals surface area contributed by atoms with E-state index < -0.39 is 0 Å². The highest BCUT2D eigenvalue weighted by Crippen LogP contribution is 2.24. The molecule has 1 saturated heterocycles. The number of amides is 1. The fraction of sp³-hybridized carbons (Fsp3) is 0.316. The van der Waals surface area contributed by atoms with Gasteiger partial charge < -0.3 is 10.0 Å². The summed E-state index contributed by atoms with van der Waals surface area (Å²) in [5, 5.41) is 9.35. The van der Waals surface area contributed by atoms with Crippen LogP contribution < -0.4 is 4.90 Å². The van der Waals surface area contributed by atoms with Crippen molar-refractivity contribution in [1.29, 1.82) is 0 Å². The van der Waals surface area contributed by atoms with Crippen LogP contribution in [0.25, 0.3) is 0 Å². The van der Waals surface area contributed by atoms with Crippen LogP contribution in [0.4, 0.5) is 5.69 Å². The van der Waals surface area contributed by atoms with E-state index in [4.69, 9.17) is 0 Å². The lowest BCUT2D eigenvalue weighted by atomic mass is 10.1. The molecule has 1 unspecified atom stereocenters. The van der Waals surface area contributed by atoms with Gasteiger partial charge in [0, 0.05) is 25.8 Å². The van der Waals surface area contributed by atoms with E-state index in [1.54, 1.807) is 36.2 Å². The summed E-state index contributed by atoms with van der Waals surface area (Å²) in [4.78, 5) is 16.7. The predicted molar refractivity (Wildman–Crippen MR) is 91.3 cm³/mol. The van der Waals surface area contributed by atoms with Crippen molar-refractivity contribution < 1.29 is 9.90 Å². The molecule has 4 heteroatoms. The summed E-state index contributed by atoms with van der Waals surface area (Å²) in [7, 11) is 1.80. The molecule has 0 aromatic heterocycles. The number of rotatable bonds is 4. The largest absolute Gasteiger partial charge is 0.508 e. The van der Waals surface area contributed by atoms with Crippen LogP contribution in [0.5, 0.6) is 5.75 Å². The van der Waals surface area contributed by atoms with Gasteiger partial charge >= 0.3 is 0 Å². The number of nitrogens with zero attached hydrogens (tertiary/aromatic N) is 2. The van der Waals surface area contributed by atoms with Crippen molar-refractivity contribution in [2.24, 2.45) is 5.92 Å². The van der Waals surface area contributed by atoms with Crippen LogP contribution in [-0.2, 0) is 11.3 Å². The van der Waals surface area contributed by atoms with Crippen molar-refractivity contribution in [2.45, 2.75) is 13.0 Å². The normalized spacial score (nSPS) is 18.0. The van der Waals surface area contributed by atoms with E-state index in [2.05, 4.69) is 17.0 Å². The number of aromatic hydroxyl groups is 1. The first-order valence-electron chi connectivity index (χ1n) is 7.96. The molecule has 4 nitrogen and oxygen atoms in total. The van der Waals surface area contributed by atoms with E-state index in [1.165, 1.54) is 5.56 Å². The number of hydrogen-bond donors (Lipinski definition) is 1. The number of carbonyl (C=O) groups is 1. The Labute approximate surface area is 137 Å². The van der Waals surface area contributed by atoms with Crippen LogP contribution in [0.1, 0.15) is 12.0 Å². The molecule has 0 bridgehead atoms. The molecule has 2 aromatic carbocycles. The van der Waals surface area contributed by atoms with E-state index in [0.29, 0.717) is 0 Å². The molecule has 0 saturated carbocycles. The van der Waals surface area contributed by atoms with Gasteiger partial charge in [0.1, 0.15) is 5.75 Å². The molecule has 120 valence electrons. The predicted octanol–water partition coefficient (Wildman–Crippen LogP) is 2.88. The number of anilines is 1. The van der Waals surface area contributed by atoms with Gasteiger partial charge in [-0.3, -0.25) is 9.69 Å². The SMILES string of the molecule is CN(C(=O)C1CCN(Cc2ccccc2)C1)c1ccc(O)cc1. The number of benzene rings is 2. The van der Waals surface area contributed by atoms with Crippen LogP contribution in [0.15, 0.2) is 54.6 Å². The van der Waals surface area contributed by atoms with E-state index in [0.717, 1.165) is 31.7 Å². The van der Waals surface area contributed by atoms with Crippen LogP contribution in [0.2, 0.25) is 0 Å². The average Bonchev–Trinajstić information content (AvgIpc) is 3.03. The second-order valence-electron chi connectivity index (χ2n) is 6.12. The maximum absolute atomic E-state index is 12.7. The fourth-order valence-electron chi connectivity index (χ4n) is 3.10. The van der Waals surface area contributed by atoms with E-state index in [9.17, 15) is 9.90 Å². The first-order chi connectivity index (χ1) is 11.1. The minimum atomic E-state index is 0.0394. The molecule has 1 N–H and O–H groups in total. The third-order valence-electron chi connectivity index (χ3n) is 4.44. The Morgan fingerprint density at radius 3 is 2.57 bits per heavy atom. The molecule has 0 spiro atoms. The first-order valence-corrected chi connectivity index (χ1v) is 7.96. The number of phenols is 1. The Hall–Kier alpha value is -2.33. The molecule has 1 atom stereocenters. The Balaban J connectivity index is 1.59. The van der Waals surface area contributed by atoms with Gasteiger partial charge in [0.15, 0.2) is 0 Å². The standard InChI is InChI=1S/C19H22N2O2/c1-20(17-7-9-18(22)10-8-17)19(23)16-11-12-21(14-16)13-15-5-3-2-4-6-15/h2-10,16,22H,11-14H2,1H3. The van der Waals surface area contributed by atoms with Gasteiger partial charge in [0.25, 0.3) is 0 Å². The Morgan fingerprint density at radius 2 is 1.87 bits per heavy atom. The molecule has 2 aromatic rings. The lowest BCUT2D eigenvalue weighted by Gasteiger charge is -2.22. The van der Waals surface area contributed by atoms with E-state index >= 15 is 0 Å². The second-order valence-corrected chi connectivity index (χ2v) is 6.12. The Morgan fingerprint density at radius 1 is 1.17 bits per heavy atom. The summed E-state index contributed by atoms with van der Waals surface area (Å²) in [6, 6.07) is 17.1. The molecule has 0 radical (unpaired) electrons. The van der Waals surface area contributed by atoms with Crippen molar-refractivity contribution in [3.8, 4) is 5.75 Å². The van der Waals surface area contributed by atoms with Gasteiger partial charge in [-0.25, -0.2) is 0 Å². The van der Waals surface area contributed by atoms with Crippen molar-refractivity contribution in [1.82, 2.24) is 4.90 Å². The van der Waals surface area contributed by atoms with Crippen molar-refractivity contribution in [3.05, 3.63) is 60.2 Å². The molecule has 1 amide bonds. The maximum atomic E-state index is 12.7. The fourth-order valence-corrected chi connectivity index (χ4v) is 3.10. The smallest absolute Gasteiger partial charge is 0.231 e. The molecule has 1 aliphatic heterocycles. The molecular formula is C19H22N2O2. The minimum Gasteiger partial charge on any atom is -0.508 e. The van der Waals surface area contributed by atoms with Gasteiger partial charge in [0.05, 0.1) is 5.92 Å². The van der Waals surface area contributed by atoms with Gasteiger partial charge in [-0.05, 0) is 42.8 Å². The second kappa shape index (κ2) is 6.84. The van der Waals surface area contributed by atoms with Gasteiger partial charge in [-0.15, -0.1) is 0 Å². The van der Waals surface area contributed by atoms with Gasteiger partial charge in [-0.2, -0.15) is 0 Å². The summed E-state index contributed by atoms with van der Waals surface area (Å²) in [5.74, 6) is 0.397. The molecule has 3 rings (SSSR count). The van der Waals surface area contributed by atoms with E-state index in [-0.39, 0.29) is 17.6 Å². The molecule has 1 heterocycles. The minimum absolute atomic E-state index is 0.0394. The third-order valence-corrected chi connectivity index (χ3v) is 4.44. The highest BCUT2D eigenvalue weighted by Gasteiger charge is 2.30. The first kappa shape index (κ1) is 15.6. The zero-order valence-corrected chi connectivity index (χ0v) is 13.4. The monoisotopic (exact) mass is 310 g/mol. The number of hydrogen-bond acceptors (Lipinski definition) is 3. The lowest BCUT2D eigenvalue weighted by molar-refractivity contribution is -0.121. The topological polar surface area (TPSA) is 43.8 Å². The molecule has 1 fully saturated rings. The van der Waals surface area contributed by atoms with Crippen LogP contribution >= 0.6 is 0 Å². The summed E-state index contributed by atoms with van der Waals surface area (Å²) in [5.41, 5.74) is 2.10. The molecule has 23 heavy (non-hydrogen) atoms. The summed E-state index contributed by atoms with van der Waals surface area (Å²) in [6.07, 6.45) is 0.897. The Bertz CT molecular complexity index is 655. The summed E-state index contributed by atoms with van der Waals surface area (Å²) in [6.45, 7) is 2.65. The third kappa shape index (κ3) is 3.71. The van der Waals surface area contributed by atoms with Crippen molar-refractivity contribution >= 4 is 11.6 Å². The average molecular weight is 310 g/mol. The number of phenolic OH excluding ortho intramolecular Hbond substituents is 1. The molecule has 0 aliphatic carbocycles. The zero-order chi connectivity index (χ0) is 16.2. The lowest BCUT2D eigenvalue weighted by Crippen LogP contribution is -2.34. The highest BCUT2D eigenvalue weighted by molar-refractivity contribution is 5.94. The van der Waals surface area contributed by atoms with Crippen LogP contribution in [0.3, 0.4) is 0 Å². The Kier molecular flexibility index (Phi) is 4.63. The zero-order valence-electron chi connectivity index (χ0n) is 13.4.